The van der Waals surface area contributed by atoms with Crippen LogP contribution >= 0.6 is 34.8 Å². The minimum absolute atomic E-state index is 0.0157. The van der Waals surface area contributed by atoms with Crippen molar-refractivity contribution in [2.45, 2.75) is 108 Å². The van der Waals surface area contributed by atoms with E-state index in [1.807, 2.05) is 27.7 Å². The second-order valence-electron chi connectivity index (χ2n) is 12.8. The molecule has 0 radical (unpaired) electrons. The SMILES string of the molecule is CC[C@@H](C)[C@@H](OC(C)=O)C1O[C@@](OC2C(OC(=O)c3ccccc3)C(OC(=N)C(Cl)(Cl)Cl)O[C@@H](COC(C)=O)[C@@H]2C)(C(=O)OC)C[C@@H](C)[C@H]1C. The van der Waals surface area contributed by atoms with E-state index in [1.165, 1.54) is 33.1 Å². The van der Waals surface area contributed by atoms with Gasteiger partial charge in [0.25, 0.3) is 9.58 Å². The van der Waals surface area contributed by atoms with Gasteiger partial charge in [-0.05, 0) is 36.3 Å². The van der Waals surface area contributed by atoms with Crippen LogP contribution in [0, 0.1) is 29.1 Å². The van der Waals surface area contributed by atoms with Crippen LogP contribution in [0.5, 0.6) is 0 Å². The minimum atomic E-state index is -2.34. The molecular weight excluding hydrogens is 721 g/mol. The highest BCUT2D eigenvalue weighted by molar-refractivity contribution is 6.76. The summed E-state index contributed by atoms with van der Waals surface area (Å²) in [6.07, 6.45) is -6.52. The Labute approximate surface area is 307 Å². The lowest BCUT2D eigenvalue weighted by Crippen LogP contribution is -2.65. The van der Waals surface area contributed by atoms with Gasteiger partial charge in [0.1, 0.15) is 31.0 Å². The van der Waals surface area contributed by atoms with Gasteiger partial charge in [-0.3, -0.25) is 15.0 Å². The normalized spacial score (nSPS) is 31.0. The first-order valence-electron chi connectivity index (χ1n) is 16.3. The number of alkyl halides is 3. The average molecular weight is 767 g/mol. The molecule has 2 fully saturated rings. The highest BCUT2D eigenvalue weighted by atomic mass is 35.6. The van der Waals surface area contributed by atoms with Crippen molar-refractivity contribution in [3.63, 3.8) is 0 Å². The molecule has 50 heavy (non-hydrogen) atoms. The number of carbonyl (C=O) groups is 4. The molecule has 13 nitrogen and oxygen atoms in total. The Hall–Kier alpha value is -2.68. The molecule has 280 valence electrons. The first kappa shape index (κ1) is 41.7. The maximum Gasteiger partial charge on any atom is 0.366 e. The fourth-order valence-electron chi connectivity index (χ4n) is 6.01. The van der Waals surface area contributed by atoms with Gasteiger partial charge in [-0.1, -0.05) is 87.6 Å². The van der Waals surface area contributed by atoms with E-state index in [4.69, 9.17) is 78.1 Å². The standard InChI is InChI=1S/C34H46Cl3NO12/c1-9-17(2)25(45-22(7)40)26-19(4)18(3)15-33(49-26,32(42)43-8)50-27-20(5)24(16-44-21(6)39)46-30(48-31(38)34(35,36)37)28(27)47-29(41)23-13-11-10-12-14-23/h10-14,17-20,24-28,30,38H,9,15-16H2,1-8H3/t17-,18-,19-,20+,24+,25-,26?,27?,28?,30?,33+/m1/s1. The van der Waals surface area contributed by atoms with E-state index in [2.05, 4.69) is 0 Å². The van der Waals surface area contributed by atoms with E-state index >= 15 is 0 Å². The maximum atomic E-state index is 13.9. The van der Waals surface area contributed by atoms with E-state index in [0.717, 1.165) is 0 Å². The number of methoxy groups -OCH3 is 1. The summed E-state index contributed by atoms with van der Waals surface area (Å²) >= 11 is 17.8. The molecule has 0 saturated carbocycles. The Morgan fingerprint density at radius 3 is 2.18 bits per heavy atom. The van der Waals surface area contributed by atoms with Gasteiger partial charge in [-0.2, -0.15) is 0 Å². The number of hydrogen-bond acceptors (Lipinski definition) is 13. The smallest absolute Gasteiger partial charge is 0.366 e. The first-order valence-corrected chi connectivity index (χ1v) is 17.5. The molecule has 0 amide bonds. The Bertz CT molecular complexity index is 1360. The molecule has 0 aliphatic carbocycles. The van der Waals surface area contributed by atoms with E-state index in [1.54, 1.807) is 25.1 Å². The number of hydrogen-bond donors (Lipinski definition) is 1. The van der Waals surface area contributed by atoms with E-state index < -0.39 is 82.1 Å². The highest BCUT2D eigenvalue weighted by Crippen LogP contribution is 2.45. The molecule has 2 heterocycles. The number of halogens is 3. The van der Waals surface area contributed by atoms with Gasteiger partial charge in [0.05, 0.1) is 12.7 Å². The summed E-state index contributed by atoms with van der Waals surface area (Å²) in [5.74, 6) is -7.32. The fraction of sp³-hybridized carbons (Fsp3) is 0.676. The monoisotopic (exact) mass is 765 g/mol. The number of ether oxygens (including phenoxy) is 8. The summed E-state index contributed by atoms with van der Waals surface area (Å²) in [6.45, 7) is 11.5. The second kappa shape index (κ2) is 17.7. The lowest BCUT2D eigenvalue weighted by Gasteiger charge is -2.51. The number of nitrogens with one attached hydrogen (secondary N) is 1. The molecule has 1 aromatic rings. The van der Waals surface area contributed by atoms with E-state index in [0.29, 0.717) is 6.42 Å². The third-order valence-corrected chi connectivity index (χ3v) is 9.70. The van der Waals surface area contributed by atoms with Crippen molar-refractivity contribution >= 4 is 64.6 Å². The molecule has 0 spiro atoms. The maximum absolute atomic E-state index is 13.9. The predicted molar refractivity (Wildman–Crippen MR) is 182 cm³/mol. The average Bonchev–Trinajstić information content (AvgIpc) is 3.06. The molecule has 4 unspecified atom stereocenters. The van der Waals surface area contributed by atoms with Crippen LogP contribution in [0.3, 0.4) is 0 Å². The zero-order valence-electron chi connectivity index (χ0n) is 29.3. The first-order chi connectivity index (χ1) is 23.3. The summed E-state index contributed by atoms with van der Waals surface area (Å²) < 4.78 is 45.0. The molecule has 1 aromatic carbocycles. The summed E-state index contributed by atoms with van der Waals surface area (Å²) in [5.41, 5.74) is 0.160. The molecular formula is C34H46Cl3NO12. The molecule has 2 aliphatic heterocycles. The van der Waals surface area contributed by atoms with Crippen LogP contribution in [0.1, 0.15) is 71.7 Å². The summed E-state index contributed by atoms with van der Waals surface area (Å²) in [6, 6.07) is 8.02. The molecule has 0 bridgehead atoms. The number of carbonyl (C=O) groups excluding carboxylic acids is 4. The van der Waals surface area contributed by atoms with Gasteiger partial charge >= 0.3 is 23.9 Å². The molecule has 11 atom stereocenters. The van der Waals surface area contributed by atoms with Crippen LogP contribution in [0.25, 0.3) is 0 Å². The topological polar surface area (TPSA) is 166 Å². The predicted octanol–water partition coefficient (Wildman–Crippen LogP) is 5.79. The number of esters is 4. The van der Waals surface area contributed by atoms with Crippen molar-refractivity contribution in [3.05, 3.63) is 35.9 Å². The Balaban J connectivity index is 2.19. The zero-order valence-corrected chi connectivity index (χ0v) is 31.6. The molecule has 2 aliphatic rings. The van der Waals surface area contributed by atoms with Gasteiger partial charge in [-0.25, -0.2) is 9.59 Å². The molecule has 0 aromatic heterocycles. The Kier molecular flexibility index (Phi) is 14.8. The quantitative estimate of drug-likeness (QED) is 0.0896. The Morgan fingerprint density at radius 1 is 1.00 bits per heavy atom. The number of benzene rings is 1. The summed E-state index contributed by atoms with van der Waals surface area (Å²) in [5, 5.41) is 8.29. The van der Waals surface area contributed by atoms with Crippen molar-refractivity contribution < 1.29 is 57.1 Å². The lowest BCUT2D eigenvalue weighted by molar-refractivity contribution is -0.357. The highest BCUT2D eigenvalue weighted by Gasteiger charge is 2.59. The van der Waals surface area contributed by atoms with Crippen LogP contribution in [0.4, 0.5) is 0 Å². The van der Waals surface area contributed by atoms with Crippen molar-refractivity contribution in [2.24, 2.45) is 23.7 Å². The fourth-order valence-corrected chi connectivity index (χ4v) is 6.14. The largest absolute Gasteiger partial charge is 0.465 e. The molecule has 1 N–H and O–H groups in total. The van der Waals surface area contributed by atoms with Crippen molar-refractivity contribution in [1.82, 2.24) is 0 Å². The lowest BCUT2D eigenvalue weighted by atomic mass is 9.77. The van der Waals surface area contributed by atoms with Gasteiger partial charge in [0.2, 0.25) is 12.2 Å². The number of rotatable bonds is 12. The third kappa shape index (κ3) is 10.2. The van der Waals surface area contributed by atoms with Crippen LogP contribution in [-0.2, 0) is 52.3 Å². The second-order valence-corrected chi connectivity index (χ2v) is 15.1. The molecule has 16 heteroatoms. The third-order valence-electron chi connectivity index (χ3n) is 9.19. The van der Waals surface area contributed by atoms with E-state index in [-0.39, 0.29) is 36.3 Å². The van der Waals surface area contributed by atoms with Gasteiger partial charge in [-0.15, -0.1) is 0 Å². The summed E-state index contributed by atoms with van der Waals surface area (Å²) in [4.78, 5) is 51.5. The molecule has 2 saturated heterocycles. The van der Waals surface area contributed by atoms with Crippen molar-refractivity contribution in [1.29, 1.82) is 5.41 Å². The minimum Gasteiger partial charge on any atom is -0.465 e. The van der Waals surface area contributed by atoms with Gasteiger partial charge in [0.15, 0.2) is 6.10 Å². The van der Waals surface area contributed by atoms with Gasteiger partial charge in [0, 0.05) is 26.2 Å². The van der Waals surface area contributed by atoms with E-state index in [9.17, 15) is 19.2 Å². The Morgan fingerprint density at radius 2 is 1.64 bits per heavy atom. The summed E-state index contributed by atoms with van der Waals surface area (Å²) in [7, 11) is 1.17. The van der Waals surface area contributed by atoms with Gasteiger partial charge < -0.3 is 37.9 Å². The van der Waals surface area contributed by atoms with Crippen LogP contribution in [-0.4, -0.2) is 89.9 Å². The zero-order chi connectivity index (χ0) is 37.6. The van der Waals surface area contributed by atoms with Crippen LogP contribution in [0.15, 0.2) is 30.3 Å². The van der Waals surface area contributed by atoms with Crippen molar-refractivity contribution in [2.75, 3.05) is 13.7 Å². The van der Waals surface area contributed by atoms with Crippen LogP contribution < -0.4 is 0 Å². The van der Waals surface area contributed by atoms with Crippen LogP contribution in [0.2, 0.25) is 0 Å². The molecule has 3 rings (SSSR count). The van der Waals surface area contributed by atoms with Crippen molar-refractivity contribution in [3.8, 4) is 0 Å².